The van der Waals surface area contributed by atoms with Crippen LogP contribution in [-0.2, 0) is 13.6 Å². The topological polar surface area (TPSA) is 83.2 Å². The summed E-state index contributed by atoms with van der Waals surface area (Å²) in [4.78, 5) is 22.2. The molecule has 7 nitrogen and oxygen atoms in total. The Morgan fingerprint density at radius 2 is 1.90 bits per heavy atom. The quantitative estimate of drug-likeness (QED) is 0.539. The standard InChI is InChI=1S/C13H11N3O4/c1-14-10-4-2-3-5-11(10)15(13(14)17)8-9-6-7-12(20-9)16(18)19/h2-7H,8H2,1H3. The van der Waals surface area contributed by atoms with Gasteiger partial charge in [0.2, 0.25) is 0 Å². The van der Waals surface area contributed by atoms with Crippen LogP contribution in [0.5, 0.6) is 0 Å². The van der Waals surface area contributed by atoms with E-state index in [2.05, 4.69) is 0 Å². The average molecular weight is 273 g/mol. The second-order valence-electron chi connectivity index (χ2n) is 4.41. The Hall–Kier alpha value is -2.83. The highest BCUT2D eigenvalue weighted by Gasteiger charge is 2.15. The van der Waals surface area contributed by atoms with Crippen LogP contribution in [0.15, 0.2) is 45.6 Å². The molecule has 3 aromatic rings. The fourth-order valence-corrected chi connectivity index (χ4v) is 2.22. The van der Waals surface area contributed by atoms with Crippen LogP contribution < -0.4 is 5.69 Å². The number of aromatic nitrogens is 2. The maximum Gasteiger partial charge on any atom is 0.433 e. The van der Waals surface area contributed by atoms with Gasteiger partial charge >= 0.3 is 11.6 Å². The Morgan fingerprint density at radius 3 is 2.55 bits per heavy atom. The van der Waals surface area contributed by atoms with E-state index in [0.717, 1.165) is 11.0 Å². The van der Waals surface area contributed by atoms with Crippen LogP contribution in [0.1, 0.15) is 5.76 Å². The Labute approximate surface area is 112 Å². The number of para-hydroxylation sites is 2. The molecule has 0 aliphatic carbocycles. The molecule has 0 saturated carbocycles. The van der Waals surface area contributed by atoms with E-state index in [0.29, 0.717) is 5.76 Å². The second-order valence-corrected chi connectivity index (χ2v) is 4.41. The Kier molecular flexibility index (Phi) is 2.67. The highest BCUT2D eigenvalue weighted by molar-refractivity contribution is 5.75. The van der Waals surface area contributed by atoms with Crippen molar-refractivity contribution in [2.45, 2.75) is 6.54 Å². The summed E-state index contributed by atoms with van der Waals surface area (Å²) in [7, 11) is 1.69. The van der Waals surface area contributed by atoms with Gasteiger partial charge in [0.05, 0.1) is 23.6 Å². The molecule has 0 unspecified atom stereocenters. The number of benzene rings is 1. The maximum absolute atomic E-state index is 12.2. The SMILES string of the molecule is Cn1c(=O)n(Cc2ccc([N+](=O)[O-])o2)c2ccccc21. The fraction of sp³-hybridized carbons (Fsp3) is 0.154. The molecule has 0 bridgehead atoms. The predicted molar refractivity (Wildman–Crippen MR) is 71.6 cm³/mol. The summed E-state index contributed by atoms with van der Waals surface area (Å²) in [5, 5.41) is 10.6. The van der Waals surface area contributed by atoms with E-state index in [1.165, 1.54) is 21.3 Å². The first kappa shape index (κ1) is 12.2. The van der Waals surface area contributed by atoms with Crippen LogP contribution >= 0.6 is 0 Å². The number of hydrogen-bond donors (Lipinski definition) is 0. The normalized spacial score (nSPS) is 11.1. The lowest BCUT2D eigenvalue weighted by Gasteiger charge is -1.99. The largest absolute Gasteiger partial charge is 0.433 e. The van der Waals surface area contributed by atoms with Gasteiger partial charge in [0, 0.05) is 7.05 Å². The molecule has 0 spiro atoms. The number of imidazole rings is 1. The molecule has 3 rings (SSSR count). The third-order valence-corrected chi connectivity index (χ3v) is 3.19. The van der Waals surface area contributed by atoms with Crippen LogP contribution in [0.4, 0.5) is 5.88 Å². The minimum Gasteiger partial charge on any atom is -0.404 e. The number of aryl methyl sites for hydroxylation is 1. The van der Waals surface area contributed by atoms with Crippen molar-refractivity contribution in [3.8, 4) is 0 Å². The summed E-state index contributed by atoms with van der Waals surface area (Å²) in [6.07, 6.45) is 0. The van der Waals surface area contributed by atoms with Crippen molar-refractivity contribution < 1.29 is 9.34 Å². The maximum atomic E-state index is 12.2. The Bertz CT molecular complexity index is 856. The first-order chi connectivity index (χ1) is 9.58. The highest BCUT2D eigenvalue weighted by atomic mass is 16.6. The van der Waals surface area contributed by atoms with Crippen LogP contribution in [0, 0.1) is 10.1 Å². The zero-order chi connectivity index (χ0) is 14.3. The predicted octanol–water partition coefficient (Wildman–Crippen LogP) is 1.89. The second kappa shape index (κ2) is 4.37. The van der Waals surface area contributed by atoms with E-state index in [9.17, 15) is 14.9 Å². The number of furan rings is 1. The first-order valence-corrected chi connectivity index (χ1v) is 5.95. The van der Waals surface area contributed by atoms with E-state index in [1.807, 2.05) is 24.3 Å². The van der Waals surface area contributed by atoms with E-state index >= 15 is 0 Å². The van der Waals surface area contributed by atoms with Crippen molar-refractivity contribution >= 4 is 16.9 Å². The number of hydrogen-bond acceptors (Lipinski definition) is 4. The molecule has 0 N–H and O–H groups in total. The van der Waals surface area contributed by atoms with Gasteiger partial charge in [-0.2, -0.15) is 0 Å². The molecule has 7 heteroatoms. The van der Waals surface area contributed by atoms with Crippen LogP contribution in [0.2, 0.25) is 0 Å². The third kappa shape index (κ3) is 1.80. The van der Waals surface area contributed by atoms with E-state index in [4.69, 9.17) is 4.42 Å². The molecule has 2 aromatic heterocycles. The van der Waals surface area contributed by atoms with Crippen LogP contribution in [0.25, 0.3) is 11.0 Å². The summed E-state index contributed by atoms with van der Waals surface area (Å²) in [5.41, 5.74) is 1.38. The zero-order valence-electron chi connectivity index (χ0n) is 10.6. The summed E-state index contributed by atoms with van der Waals surface area (Å²) in [6.45, 7) is 0.161. The van der Waals surface area contributed by atoms with Gasteiger partial charge < -0.3 is 4.42 Å². The lowest BCUT2D eigenvalue weighted by atomic mass is 10.3. The first-order valence-electron chi connectivity index (χ1n) is 5.95. The van der Waals surface area contributed by atoms with Crippen LogP contribution in [-0.4, -0.2) is 14.1 Å². The molecule has 0 saturated heterocycles. The molecule has 0 aliphatic rings. The summed E-state index contributed by atoms with van der Waals surface area (Å²) < 4.78 is 8.15. The number of fused-ring (bicyclic) bond motifs is 1. The van der Waals surface area contributed by atoms with Crippen molar-refractivity contribution in [3.63, 3.8) is 0 Å². The molecule has 0 fully saturated rings. The van der Waals surface area contributed by atoms with Crippen molar-refractivity contribution in [1.82, 2.24) is 9.13 Å². The van der Waals surface area contributed by atoms with Crippen molar-refractivity contribution in [2.24, 2.45) is 7.05 Å². The van der Waals surface area contributed by atoms with Gasteiger partial charge in [0.1, 0.15) is 10.7 Å². The van der Waals surface area contributed by atoms with E-state index < -0.39 is 4.92 Å². The fourth-order valence-electron chi connectivity index (χ4n) is 2.22. The van der Waals surface area contributed by atoms with E-state index in [1.54, 1.807) is 7.05 Å². The zero-order valence-corrected chi connectivity index (χ0v) is 10.6. The van der Waals surface area contributed by atoms with Crippen LogP contribution in [0.3, 0.4) is 0 Å². The molecule has 0 amide bonds. The lowest BCUT2D eigenvalue weighted by molar-refractivity contribution is -0.402. The number of nitrogens with zero attached hydrogens (tertiary/aromatic N) is 3. The van der Waals surface area contributed by atoms with Gasteiger partial charge in [-0.05, 0) is 18.2 Å². The summed E-state index contributed by atoms with van der Waals surface area (Å²) in [5.74, 6) is 0.0449. The molecule has 0 aliphatic heterocycles. The summed E-state index contributed by atoms with van der Waals surface area (Å²) >= 11 is 0. The smallest absolute Gasteiger partial charge is 0.404 e. The minimum absolute atomic E-state index is 0.161. The average Bonchev–Trinajstić information content (AvgIpc) is 3.00. The van der Waals surface area contributed by atoms with Crippen molar-refractivity contribution in [2.75, 3.05) is 0 Å². The number of nitro groups is 1. The van der Waals surface area contributed by atoms with Crippen molar-refractivity contribution in [1.29, 1.82) is 0 Å². The highest BCUT2D eigenvalue weighted by Crippen LogP contribution is 2.18. The Balaban J connectivity index is 2.08. The molecular formula is C13H11N3O4. The lowest BCUT2D eigenvalue weighted by Crippen LogP contribution is -2.22. The minimum atomic E-state index is -0.602. The van der Waals surface area contributed by atoms with Crippen molar-refractivity contribution in [3.05, 3.63) is 62.8 Å². The van der Waals surface area contributed by atoms with Gasteiger partial charge in [-0.15, -0.1) is 0 Å². The third-order valence-electron chi connectivity index (χ3n) is 3.19. The molecule has 20 heavy (non-hydrogen) atoms. The van der Waals surface area contributed by atoms with Gasteiger partial charge in [-0.3, -0.25) is 19.2 Å². The molecule has 0 radical (unpaired) electrons. The molecular weight excluding hydrogens is 262 g/mol. The Morgan fingerprint density at radius 1 is 1.20 bits per heavy atom. The van der Waals surface area contributed by atoms with Gasteiger partial charge in [0.25, 0.3) is 0 Å². The monoisotopic (exact) mass is 273 g/mol. The molecule has 2 heterocycles. The van der Waals surface area contributed by atoms with Gasteiger partial charge in [0.15, 0.2) is 0 Å². The molecule has 0 atom stereocenters. The molecule has 1 aromatic carbocycles. The molecule has 102 valence electrons. The summed E-state index contributed by atoms with van der Waals surface area (Å²) in [6, 6.07) is 10.1. The number of rotatable bonds is 3. The van der Waals surface area contributed by atoms with Gasteiger partial charge in [-0.1, -0.05) is 12.1 Å². The van der Waals surface area contributed by atoms with E-state index in [-0.39, 0.29) is 18.1 Å². The van der Waals surface area contributed by atoms with Gasteiger partial charge in [-0.25, -0.2) is 4.79 Å².